The number of carbonyl (C=O) groups excluding carboxylic acids is 3. The molecule has 2 saturated heterocycles. The lowest BCUT2D eigenvalue weighted by atomic mass is 9.95. The van der Waals surface area contributed by atoms with E-state index >= 15 is 0 Å². The molecular weight excluding hydrogens is 332 g/mol. The second kappa shape index (κ2) is 8.29. The zero-order valence-corrected chi connectivity index (χ0v) is 15.3. The molecule has 0 unspecified atom stereocenters. The van der Waals surface area contributed by atoms with Gasteiger partial charge in [0.15, 0.2) is 0 Å². The van der Waals surface area contributed by atoms with Gasteiger partial charge >= 0.3 is 0 Å². The average molecular weight is 358 g/mol. The molecule has 3 heterocycles. The van der Waals surface area contributed by atoms with Crippen LogP contribution in [0.4, 0.5) is 0 Å². The van der Waals surface area contributed by atoms with E-state index in [1.165, 1.54) is 0 Å². The van der Waals surface area contributed by atoms with Gasteiger partial charge in [0.05, 0.1) is 0 Å². The summed E-state index contributed by atoms with van der Waals surface area (Å²) in [4.78, 5) is 46.3. The van der Waals surface area contributed by atoms with Crippen molar-refractivity contribution in [3.8, 4) is 0 Å². The third kappa shape index (κ3) is 4.20. The lowest BCUT2D eigenvalue weighted by molar-refractivity contribution is -0.140. The molecule has 7 heteroatoms. The summed E-state index contributed by atoms with van der Waals surface area (Å²) >= 11 is 0. The predicted molar refractivity (Wildman–Crippen MR) is 96.3 cm³/mol. The van der Waals surface area contributed by atoms with Gasteiger partial charge in [-0.3, -0.25) is 19.4 Å². The molecule has 0 aromatic carbocycles. The molecule has 2 aliphatic rings. The molecule has 0 spiro atoms. The van der Waals surface area contributed by atoms with Gasteiger partial charge < -0.3 is 14.7 Å². The summed E-state index contributed by atoms with van der Waals surface area (Å²) in [5.41, 5.74) is 0.636. The second-order valence-corrected chi connectivity index (χ2v) is 6.99. The Morgan fingerprint density at radius 1 is 0.885 bits per heavy atom. The molecule has 0 saturated carbocycles. The van der Waals surface area contributed by atoms with E-state index in [1.54, 1.807) is 36.4 Å². The van der Waals surface area contributed by atoms with Crippen molar-refractivity contribution in [1.29, 1.82) is 0 Å². The number of likely N-dealkylation sites (tertiary alicyclic amines) is 1. The predicted octanol–water partition coefficient (Wildman–Crippen LogP) is 1.01. The van der Waals surface area contributed by atoms with E-state index in [2.05, 4.69) is 4.98 Å². The minimum Gasteiger partial charge on any atom is -0.343 e. The van der Waals surface area contributed by atoms with Crippen LogP contribution in [0.15, 0.2) is 24.5 Å². The van der Waals surface area contributed by atoms with Crippen LogP contribution in [0.3, 0.4) is 0 Å². The summed E-state index contributed by atoms with van der Waals surface area (Å²) in [5.74, 6) is 0.242. The summed E-state index contributed by atoms with van der Waals surface area (Å²) < 4.78 is 0. The minimum atomic E-state index is -0.00644. The molecule has 0 N–H and O–H groups in total. The van der Waals surface area contributed by atoms with Crippen LogP contribution in [0.5, 0.6) is 0 Å². The first-order valence-corrected chi connectivity index (χ1v) is 9.30. The Bertz CT molecular complexity index is 656. The number of amides is 3. The van der Waals surface area contributed by atoms with Gasteiger partial charge in [0.2, 0.25) is 11.8 Å². The minimum absolute atomic E-state index is 0.00327. The molecule has 0 atom stereocenters. The molecule has 140 valence electrons. The fraction of sp³-hybridized carbons (Fsp3) is 0.579. The first kappa shape index (κ1) is 18.4. The van der Waals surface area contributed by atoms with Gasteiger partial charge in [-0.05, 0) is 31.4 Å². The number of carbonyl (C=O) groups is 3. The molecule has 3 amide bonds. The molecule has 26 heavy (non-hydrogen) atoms. The third-order valence-corrected chi connectivity index (χ3v) is 5.31. The summed E-state index contributed by atoms with van der Waals surface area (Å²) in [5, 5.41) is 0. The maximum Gasteiger partial charge on any atom is 0.254 e. The van der Waals surface area contributed by atoms with E-state index in [0.29, 0.717) is 44.8 Å². The van der Waals surface area contributed by atoms with E-state index in [4.69, 9.17) is 0 Å². The van der Waals surface area contributed by atoms with Gasteiger partial charge in [-0.1, -0.05) is 0 Å². The highest BCUT2D eigenvalue weighted by atomic mass is 16.2. The normalized spacial score (nSPS) is 19.2. The highest BCUT2D eigenvalue weighted by Crippen LogP contribution is 2.21. The quantitative estimate of drug-likeness (QED) is 0.791. The smallest absolute Gasteiger partial charge is 0.254 e. The van der Waals surface area contributed by atoms with Gasteiger partial charge in [-0.15, -0.1) is 0 Å². The first-order valence-electron chi connectivity index (χ1n) is 9.30. The molecular formula is C19H26N4O3. The molecule has 7 nitrogen and oxygen atoms in total. The highest BCUT2D eigenvalue weighted by Gasteiger charge is 2.30. The lowest BCUT2D eigenvalue weighted by Gasteiger charge is -2.33. The Kier molecular flexibility index (Phi) is 5.85. The number of hydrogen-bond acceptors (Lipinski definition) is 4. The van der Waals surface area contributed by atoms with Gasteiger partial charge in [0, 0.05) is 70.1 Å². The van der Waals surface area contributed by atoms with Crippen molar-refractivity contribution in [3.05, 3.63) is 30.1 Å². The van der Waals surface area contributed by atoms with Crippen LogP contribution in [-0.2, 0) is 9.59 Å². The Labute approximate surface area is 154 Å². The largest absolute Gasteiger partial charge is 0.343 e. The maximum absolute atomic E-state index is 12.8. The van der Waals surface area contributed by atoms with Crippen molar-refractivity contribution < 1.29 is 14.4 Å². The third-order valence-electron chi connectivity index (χ3n) is 5.31. The fourth-order valence-electron chi connectivity index (χ4n) is 3.72. The highest BCUT2D eigenvalue weighted by molar-refractivity contribution is 5.94. The van der Waals surface area contributed by atoms with E-state index in [-0.39, 0.29) is 23.6 Å². The molecule has 1 aromatic rings. The van der Waals surface area contributed by atoms with E-state index in [9.17, 15) is 14.4 Å². The zero-order chi connectivity index (χ0) is 18.5. The molecule has 2 aliphatic heterocycles. The van der Waals surface area contributed by atoms with E-state index < -0.39 is 0 Å². The number of aromatic nitrogens is 1. The van der Waals surface area contributed by atoms with E-state index in [0.717, 1.165) is 19.3 Å². The van der Waals surface area contributed by atoms with Crippen LogP contribution in [0.2, 0.25) is 0 Å². The van der Waals surface area contributed by atoms with Crippen LogP contribution >= 0.6 is 0 Å². The van der Waals surface area contributed by atoms with Crippen LogP contribution < -0.4 is 0 Å². The number of rotatable bonds is 2. The van der Waals surface area contributed by atoms with E-state index in [1.807, 2.05) is 9.80 Å². The zero-order valence-electron chi connectivity index (χ0n) is 15.3. The number of pyridine rings is 1. The lowest BCUT2D eigenvalue weighted by Crippen LogP contribution is -2.45. The van der Waals surface area contributed by atoms with Crippen molar-refractivity contribution in [2.24, 2.45) is 5.92 Å². The fourth-order valence-corrected chi connectivity index (χ4v) is 3.72. The number of piperidine rings is 1. The molecule has 0 bridgehead atoms. The first-order chi connectivity index (χ1) is 12.6. The van der Waals surface area contributed by atoms with Crippen LogP contribution in [0, 0.1) is 5.92 Å². The SMILES string of the molecule is CC(=O)N1CCC(C(=O)N2CCCN(C(=O)c3ccncc3)CC2)CC1. The summed E-state index contributed by atoms with van der Waals surface area (Å²) in [7, 11) is 0. The van der Waals surface area contributed by atoms with Crippen molar-refractivity contribution in [2.45, 2.75) is 26.2 Å². The Morgan fingerprint density at radius 3 is 2.15 bits per heavy atom. The van der Waals surface area contributed by atoms with Crippen molar-refractivity contribution in [3.63, 3.8) is 0 Å². The second-order valence-electron chi connectivity index (χ2n) is 6.99. The topological polar surface area (TPSA) is 73.8 Å². The van der Waals surface area contributed by atoms with Gasteiger partial charge in [0.25, 0.3) is 5.91 Å². The Morgan fingerprint density at radius 2 is 1.50 bits per heavy atom. The van der Waals surface area contributed by atoms with Gasteiger partial charge in [0.1, 0.15) is 0 Å². The standard InChI is InChI=1S/C19H26N4O3/c1-15(24)21-11-5-17(6-12-21)19(26)23-10-2-9-22(13-14-23)18(25)16-3-7-20-8-4-16/h3-4,7-8,17H,2,5-6,9-14H2,1H3. The summed E-state index contributed by atoms with van der Waals surface area (Å²) in [6.07, 6.45) is 5.49. The average Bonchev–Trinajstić information content (AvgIpc) is 2.94. The van der Waals surface area contributed by atoms with Crippen molar-refractivity contribution in [1.82, 2.24) is 19.7 Å². The molecule has 3 rings (SSSR count). The number of nitrogens with zero attached hydrogens (tertiary/aromatic N) is 4. The molecule has 0 radical (unpaired) electrons. The molecule has 0 aliphatic carbocycles. The van der Waals surface area contributed by atoms with Crippen molar-refractivity contribution >= 4 is 17.7 Å². The monoisotopic (exact) mass is 358 g/mol. The Balaban J connectivity index is 1.54. The Hall–Kier alpha value is -2.44. The van der Waals surface area contributed by atoms with Crippen LogP contribution in [0.1, 0.15) is 36.5 Å². The molecule has 1 aromatic heterocycles. The van der Waals surface area contributed by atoms with Crippen LogP contribution in [-0.4, -0.2) is 76.7 Å². The van der Waals surface area contributed by atoms with Gasteiger partial charge in [-0.25, -0.2) is 0 Å². The maximum atomic E-state index is 12.8. The number of hydrogen-bond donors (Lipinski definition) is 0. The van der Waals surface area contributed by atoms with Gasteiger partial charge in [-0.2, -0.15) is 0 Å². The summed E-state index contributed by atoms with van der Waals surface area (Å²) in [6.45, 7) is 5.37. The molecule has 2 fully saturated rings. The summed E-state index contributed by atoms with van der Waals surface area (Å²) in [6, 6.07) is 3.44. The van der Waals surface area contributed by atoms with Crippen molar-refractivity contribution in [2.75, 3.05) is 39.3 Å². The van der Waals surface area contributed by atoms with Crippen LogP contribution in [0.25, 0.3) is 0 Å².